The van der Waals surface area contributed by atoms with Crippen molar-refractivity contribution in [2.45, 2.75) is 19.8 Å². The van der Waals surface area contributed by atoms with Gasteiger partial charge in [0, 0.05) is 18.2 Å². The number of hydrogen-bond donors (Lipinski definition) is 1. The number of nitrogens with one attached hydrogen (secondary N) is 1. The van der Waals surface area contributed by atoms with Gasteiger partial charge >= 0.3 is 0 Å². The molecule has 42 heavy (non-hydrogen) atoms. The summed E-state index contributed by atoms with van der Waals surface area (Å²) < 4.78 is 15.3. The third kappa shape index (κ3) is 6.81. The number of benzene rings is 4. The zero-order chi connectivity index (χ0) is 29.5. The molecule has 0 aliphatic heterocycles. The summed E-state index contributed by atoms with van der Waals surface area (Å²) in [6.07, 6.45) is 0. The zero-order valence-corrected chi connectivity index (χ0v) is 23.7. The Bertz CT molecular complexity index is 1580. The Labute approximate surface area is 245 Å². The maximum absolute atomic E-state index is 14.2. The van der Waals surface area contributed by atoms with Crippen LogP contribution in [0.25, 0.3) is 16.9 Å². The van der Waals surface area contributed by atoms with Crippen molar-refractivity contribution in [3.05, 3.63) is 138 Å². The third-order valence-corrected chi connectivity index (χ3v) is 6.86. The third-order valence-electron chi connectivity index (χ3n) is 6.86. The van der Waals surface area contributed by atoms with Crippen molar-refractivity contribution in [1.82, 2.24) is 14.7 Å². The molecule has 1 heterocycles. The highest BCUT2D eigenvalue weighted by molar-refractivity contribution is 5.96. The normalized spacial score (nSPS) is 11.1. The highest BCUT2D eigenvalue weighted by atomic mass is 19.1. The number of hydrogen-bond acceptors (Lipinski definition) is 3. The van der Waals surface area contributed by atoms with Crippen LogP contribution in [0.5, 0.6) is 0 Å². The molecule has 1 aromatic heterocycles. The summed E-state index contributed by atoms with van der Waals surface area (Å²) in [4.78, 5) is 29.4. The van der Waals surface area contributed by atoms with E-state index in [4.69, 9.17) is 5.10 Å². The number of carbonyl (C=O) groups is 2. The average Bonchev–Trinajstić information content (AvgIpc) is 3.42. The Hall–Kier alpha value is -5.04. The highest BCUT2D eigenvalue weighted by Crippen LogP contribution is 2.28. The molecule has 1 N–H and O–H groups in total. The molecule has 4 aromatic carbocycles. The number of amides is 2. The molecule has 0 unspecified atom stereocenters. The molecule has 0 bridgehead atoms. The van der Waals surface area contributed by atoms with E-state index >= 15 is 0 Å². The SMILES string of the molecule is CC(C)CN(CC(=O)Nc1cc(-c2ccccc2)nn1-c1ccc(F)cc1)C(=O)C(c1ccccc1)c1ccccc1. The molecule has 0 aliphatic carbocycles. The summed E-state index contributed by atoms with van der Waals surface area (Å²) in [6, 6.07) is 36.5. The van der Waals surface area contributed by atoms with Gasteiger partial charge in [-0.1, -0.05) is 105 Å². The molecule has 2 amide bonds. The second-order valence-electron chi connectivity index (χ2n) is 10.6. The Morgan fingerprint density at radius 2 is 1.36 bits per heavy atom. The van der Waals surface area contributed by atoms with E-state index in [0.29, 0.717) is 23.7 Å². The van der Waals surface area contributed by atoms with Crippen molar-refractivity contribution in [1.29, 1.82) is 0 Å². The first-order chi connectivity index (χ1) is 20.4. The Morgan fingerprint density at radius 3 is 1.90 bits per heavy atom. The van der Waals surface area contributed by atoms with E-state index in [0.717, 1.165) is 16.7 Å². The van der Waals surface area contributed by atoms with Gasteiger partial charge in [0.1, 0.15) is 11.6 Å². The van der Waals surface area contributed by atoms with Crippen LogP contribution in [-0.2, 0) is 9.59 Å². The summed E-state index contributed by atoms with van der Waals surface area (Å²) in [5.41, 5.74) is 3.85. The van der Waals surface area contributed by atoms with Gasteiger partial charge in [0.05, 0.1) is 23.8 Å². The van der Waals surface area contributed by atoms with Gasteiger partial charge in [-0.25, -0.2) is 9.07 Å². The molecule has 0 saturated carbocycles. The van der Waals surface area contributed by atoms with Gasteiger partial charge in [-0.15, -0.1) is 0 Å². The first-order valence-corrected chi connectivity index (χ1v) is 14.0. The fourth-order valence-electron chi connectivity index (χ4n) is 4.98. The summed E-state index contributed by atoms with van der Waals surface area (Å²) in [7, 11) is 0. The molecular weight excluding hydrogens is 527 g/mol. The minimum absolute atomic E-state index is 0.136. The Morgan fingerprint density at radius 1 is 0.810 bits per heavy atom. The lowest BCUT2D eigenvalue weighted by Gasteiger charge is -2.29. The first kappa shape index (κ1) is 28.5. The number of aromatic nitrogens is 2. The van der Waals surface area contributed by atoms with Gasteiger partial charge in [-0.05, 0) is 41.3 Å². The van der Waals surface area contributed by atoms with Crippen molar-refractivity contribution in [2.75, 3.05) is 18.4 Å². The lowest BCUT2D eigenvalue weighted by Crippen LogP contribution is -2.43. The van der Waals surface area contributed by atoms with Gasteiger partial charge in [0.2, 0.25) is 11.8 Å². The van der Waals surface area contributed by atoms with E-state index in [9.17, 15) is 14.0 Å². The predicted molar refractivity (Wildman–Crippen MR) is 164 cm³/mol. The molecule has 0 aliphatic rings. The summed E-state index contributed by atoms with van der Waals surface area (Å²) in [5.74, 6) is -0.851. The topological polar surface area (TPSA) is 67.2 Å². The smallest absolute Gasteiger partial charge is 0.245 e. The van der Waals surface area contributed by atoms with E-state index in [-0.39, 0.29) is 30.1 Å². The molecule has 212 valence electrons. The number of anilines is 1. The average molecular weight is 561 g/mol. The standard InChI is InChI=1S/C35H33FN4O2/c1-25(2)23-39(35(42)34(27-14-8-4-9-15-27)28-16-10-5-11-17-28)24-33(41)37-32-22-31(26-12-6-3-7-13-26)38-40(32)30-20-18-29(36)19-21-30/h3-22,25,34H,23-24H2,1-2H3,(H,37,41). The van der Waals surface area contributed by atoms with Gasteiger partial charge in [0.25, 0.3) is 0 Å². The van der Waals surface area contributed by atoms with Crippen LogP contribution in [0, 0.1) is 11.7 Å². The first-order valence-electron chi connectivity index (χ1n) is 14.0. The van der Waals surface area contributed by atoms with Crippen LogP contribution in [0.2, 0.25) is 0 Å². The fourth-order valence-corrected chi connectivity index (χ4v) is 4.98. The van der Waals surface area contributed by atoms with Crippen LogP contribution >= 0.6 is 0 Å². The lowest BCUT2D eigenvalue weighted by atomic mass is 9.89. The second-order valence-corrected chi connectivity index (χ2v) is 10.6. The van der Waals surface area contributed by atoms with Crippen molar-refractivity contribution in [3.63, 3.8) is 0 Å². The molecule has 7 heteroatoms. The maximum atomic E-state index is 14.2. The van der Waals surface area contributed by atoms with Crippen LogP contribution in [0.3, 0.4) is 0 Å². The van der Waals surface area contributed by atoms with Gasteiger partial charge in [-0.2, -0.15) is 5.10 Å². The number of carbonyl (C=O) groups excluding carboxylic acids is 2. The molecular formula is C35H33FN4O2. The van der Waals surface area contributed by atoms with Gasteiger partial charge < -0.3 is 10.2 Å². The quantitative estimate of drug-likeness (QED) is 0.201. The van der Waals surface area contributed by atoms with Gasteiger partial charge in [-0.3, -0.25) is 9.59 Å². The monoisotopic (exact) mass is 560 g/mol. The minimum atomic E-state index is -0.548. The molecule has 6 nitrogen and oxygen atoms in total. The largest absolute Gasteiger partial charge is 0.332 e. The molecule has 5 rings (SSSR count). The molecule has 0 radical (unpaired) electrons. The van der Waals surface area contributed by atoms with E-state index in [1.807, 2.05) is 105 Å². The maximum Gasteiger partial charge on any atom is 0.245 e. The summed E-state index contributed by atoms with van der Waals surface area (Å²) in [5, 5.41) is 7.67. The van der Waals surface area contributed by atoms with Crippen LogP contribution in [-0.4, -0.2) is 39.6 Å². The van der Waals surface area contributed by atoms with Crippen LogP contribution < -0.4 is 5.32 Å². The van der Waals surface area contributed by atoms with Crippen LogP contribution in [0.4, 0.5) is 10.2 Å². The summed E-state index contributed by atoms with van der Waals surface area (Å²) >= 11 is 0. The predicted octanol–water partition coefficient (Wildman–Crippen LogP) is 6.93. The van der Waals surface area contributed by atoms with Gasteiger partial charge in [0.15, 0.2) is 0 Å². The van der Waals surface area contributed by atoms with Crippen LogP contribution in [0.15, 0.2) is 121 Å². The van der Waals surface area contributed by atoms with Crippen LogP contribution in [0.1, 0.15) is 30.9 Å². The fraction of sp³-hybridized carbons (Fsp3) is 0.171. The van der Waals surface area contributed by atoms with E-state index in [1.54, 1.807) is 27.8 Å². The van der Waals surface area contributed by atoms with E-state index in [1.165, 1.54) is 12.1 Å². The van der Waals surface area contributed by atoms with Crippen molar-refractivity contribution < 1.29 is 14.0 Å². The molecule has 5 aromatic rings. The molecule has 0 atom stereocenters. The number of nitrogens with zero attached hydrogens (tertiary/aromatic N) is 3. The minimum Gasteiger partial charge on any atom is -0.332 e. The highest BCUT2D eigenvalue weighted by Gasteiger charge is 2.29. The summed E-state index contributed by atoms with van der Waals surface area (Å²) in [6.45, 7) is 4.32. The Kier molecular flexibility index (Phi) is 8.87. The molecule has 0 fully saturated rings. The molecule has 0 saturated heterocycles. The lowest BCUT2D eigenvalue weighted by molar-refractivity contribution is -0.135. The second kappa shape index (κ2) is 13.1. The van der Waals surface area contributed by atoms with E-state index in [2.05, 4.69) is 5.32 Å². The molecule has 0 spiro atoms. The number of rotatable bonds is 10. The van der Waals surface area contributed by atoms with E-state index < -0.39 is 5.92 Å². The van der Waals surface area contributed by atoms with Crippen molar-refractivity contribution in [3.8, 4) is 16.9 Å². The Balaban J connectivity index is 1.44. The zero-order valence-electron chi connectivity index (χ0n) is 23.7. The van der Waals surface area contributed by atoms with Crippen molar-refractivity contribution >= 4 is 17.6 Å². The van der Waals surface area contributed by atoms with Crippen molar-refractivity contribution in [2.24, 2.45) is 5.92 Å². The number of halogens is 1.